The average Bonchev–Trinajstić information content (AvgIpc) is 2.73. The first-order valence-corrected chi connectivity index (χ1v) is 9.58. The minimum atomic E-state index is -0.962. The minimum absolute atomic E-state index is 0.647. The fourth-order valence-corrected chi connectivity index (χ4v) is 2.51. The van der Waals surface area contributed by atoms with E-state index in [0.29, 0.717) is 6.73 Å². The summed E-state index contributed by atoms with van der Waals surface area (Å²) in [6.45, 7) is 10.5. The van der Waals surface area contributed by atoms with Gasteiger partial charge in [-0.15, -0.1) is 0 Å². The highest BCUT2D eigenvalue weighted by molar-refractivity contribution is 6.76. The van der Waals surface area contributed by atoms with E-state index in [0.717, 1.165) is 19.7 Å². The largest absolute Gasteiger partial charge is 0.361 e. The second kappa shape index (κ2) is 4.69. The summed E-state index contributed by atoms with van der Waals surface area (Å²) in [4.78, 5) is 4.35. The van der Waals surface area contributed by atoms with Crippen LogP contribution in [0, 0.1) is 0 Å². The molecule has 0 unspecified atom stereocenters. The number of ether oxygens (including phenoxy) is 1. The zero-order valence-corrected chi connectivity index (χ0v) is 11.4. The van der Waals surface area contributed by atoms with Crippen LogP contribution in [0.15, 0.2) is 6.33 Å². The van der Waals surface area contributed by atoms with Crippen LogP contribution in [0.3, 0.4) is 0 Å². The van der Waals surface area contributed by atoms with Crippen LogP contribution in [0.4, 0.5) is 0 Å². The summed E-state index contributed by atoms with van der Waals surface area (Å²) in [7, 11) is -0.962. The molecular formula is C11H21N3OSi. The van der Waals surface area contributed by atoms with Crippen molar-refractivity contribution in [2.45, 2.75) is 45.5 Å². The Bertz CT molecular complexity index is 357. The molecule has 0 amide bonds. The summed E-state index contributed by atoms with van der Waals surface area (Å²) in [5.41, 5.74) is 2.46. The smallest absolute Gasteiger partial charge is 0.124 e. The minimum Gasteiger partial charge on any atom is -0.361 e. The number of fused-ring (bicyclic) bond motifs is 1. The van der Waals surface area contributed by atoms with E-state index in [-0.39, 0.29) is 0 Å². The Labute approximate surface area is 98.0 Å². The SMILES string of the molecule is C[Si](C)(C)CCOCn1cnc2c1CNC2. The van der Waals surface area contributed by atoms with Gasteiger partial charge in [-0.1, -0.05) is 19.6 Å². The third-order valence-corrected chi connectivity index (χ3v) is 4.55. The standard InChI is InChI=1S/C11H21N3OSi/c1-16(2,3)5-4-15-9-14-8-13-10-6-12-7-11(10)14/h8,12H,4-7,9H2,1-3H3. The molecule has 1 aromatic rings. The molecule has 0 aromatic carbocycles. The maximum absolute atomic E-state index is 5.71. The summed E-state index contributed by atoms with van der Waals surface area (Å²) in [6, 6.07) is 1.22. The number of imidazole rings is 1. The molecular weight excluding hydrogens is 218 g/mol. The Kier molecular flexibility index (Phi) is 3.46. The van der Waals surface area contributed by atoms with Gasteiger partial charge in [0, 0.05) is 27.8 Å². The van der Waals surface area contributed by atoms with E-state index in [1.165, 1.54) is 17.4 Å². The topological polar surface area (TPSA) is 39.1 Å². The van der Waals surface area contributed by atoms with Crippen molar-refractivity contribution in [3.05, 3.63) is 17.7 Å². The zero-order chi connectivity index (χ0) is 11.6. The predicted octanol–water partition coefficient (Wildman–Crippen LogP) is 1.80. The fourth-order valence-electron chi connectivity index (χ4n) is 1.75. The lowest BCUT2D eigenvalue weighted by molar-refractivity contribution is 0.0853. The molecule has 5 heteroatoms. The first kappa shape index (κ1) is 11.8. The van der Waals surface area contributed by atoms with Gasteiger partial charge >= 0.3 is 0 Å². The Hall–Kier alpha value is -0.653. The Morgan fingerprint density at radius 3 is 3.00 bits per heavy atom. The molecule has 1 aliphatic heterocycles. The number of hydrogen-bond acceptors (Lipinski definition) is 3. The van der Waals surface area contributed by atoms with E-state index in [2.05, 4.69) is 34.5 Å². The molecule has 0 fully saturated rings. The third kappa shape index (κ3) is 2.93. The van der Waals surface area contributed by atoms with Gasteiger partial charge < -0.3 is 14.6 Å². The van der Waals surface area contributed by atoms with Crippen LogP contribution in [0.2, 0.25) is 25.7 Å². The molecule has 90 valence electrons. The van der Waals surface area contributed by atoms with Crippen LogP contribution in [-0.2, 0) is 24.6 Å². The average molecular weight is 239 g/mol. The summed E-state index contributed by atoms with van der Waals surface area (Å²) >= 11 is 0. The van der Waals surface area contributed by atoms with Crippen LogP contribution in [0.5, 0.6) is 0 Å². The number of nitrogens with zero attached hydrogens (tertiary/aromatic N) is 2. The molecule has 0 radical (unpaired) electrons. The van der Waals surface area contributed by atoms with Crippen LogP contribution in [0.1, 0.15) is 11.4 Å². The lowest BCUT2D eigenvalue weighted by atomic mass is 10.4. The van der Waals surface area contributed by atoms with E-state index < -0.39 is 8.07 Å². The normalized spacial score (nSPS) is 15.4. The van der Waals surface area contributed by atoms with Gasteiger partial charge in [-0.3, -0.25) is 0 Å². The number of rotatable bonds is 5. The van der Waals surface area contributed by atoms with Crippen molar-refractivity contribution in [2.24, 2.45) is 0 Å². The number of aromatic nitrogens is 2. The van der Waals surface area contributed by atoms with Crippen molar-refractivity contribution in [1.29, 1.82) is 0 Å². The van der Waals surface area contributed by atoms with Crippen LogP contribution in [-0.4, -0.2) is 24.2 Å². The highest BCUT2D eigenvalue weighted by atomic mass is 28.3. The van der Waals surface area contributed by atoms with Crippen LogP contribution >= 0.6 is 0 Å². The van der Waals surface area contributed by atoms with Gasteiger partial charge in [0.05, 0.1) is 17.7 Å². The van der Waals surface area contributed by atoms with E-state index in [1.807, 2.05) is 6.33 Å². The van der Waals surface area contributed by atoms with E-state index in [1.54, 1.807) is 0 Å². The Balaban J connectivity index is 1.78. The van der Waals surface area contributed by atoms with Gasteiger partial charge in [0.25, 0.3) is 0 Å². The molecule has 1 aromatic heterocycles. The molecule has 16 heavy (non-hydrogen) atoms. The molecule has 0 aliphatic carbocycles. The third-order valence-electron chi connectivity index (χ3n) is 2.84. The van der Waals surface area contributed by atoms with Crippen molar-refractivity contribution in [3.8, 4) is 0 Å². The van der Waals surface area contributed by atoms with Gasteiger partial charge in [0.1, 0.15) is 6.73 Å². The number of nitrogens with one attached hydrogen (secondary N) is 1. The molecule has 0 atom stereocenters. The molecule has 0 saturated heterocycles. The molecule has 2 rings (SSSR count). The zero-order valence-electron chi connectivity index (χ0n) is 10.4. The van der Waals surface area contributed by atoms with Crippen LogP contribution < -0.4 is 5.32 Å². The molecule has 2 heterocycles. The lowest BCUT2D eigenvalue weighted by Crippen LogP contribution is -2.22. The maximum Gasteiger partial charge on any atom is 0.124 e. The number of hydrogen-bond donors (Lipinski definition) is 1. The summed E-state index contributed by atoms with van der Waals surface area (Å²) in [5, 5.41) is 3.29. The van der Waals surface area contributed by atoms with Gasteiger partial charge in [0.2, 0.25) is 0 Å². The molecule has 0 spiro atoms. The second-order valence-electron chi connectivity index (χ2n) is 5.56. The Morgan fingerprint density at radius 1 is 1.44 bits per heavy atom. The summed E-state index contributed by atoms with van der Waals surface area (Å²) in [5.74, 6) is 0. The quantitative estimate of drug-likeness (QED) is 0.629. The van der Waals surface area contributed by atoms with Crippen molar-refractivity contribution in [2.75, 3.05) is 6.61 Å². The second-order valence-corrected chi connectivity index (χ2v) is 11.2. The van der Waals surface area contributed by atoms with Crippen molar-refractivity contribution >= 4 is 8.07 Å². The molecule has 0 bridgehead atoms. The first-order valence-electron chi connectivity index (χ1n) is 5.87. The van der Waals surface area contributed by atoms with Crippen molar-refractivity contribution in [3.63, 3.8) is 0 Å². The van der Waals surface area contributed by atoms with E-state index in [4.69, 9.17) is 4.74 Å². The summed E-state index contributed by atoms with van der Waals surface area (Å²) in [6.07, 6.45) is 1.89. The molecule has 1 N–H and O–H groups in total. The first-order chi connectivity index (χ1) is 7.56. The predicted molar refractivity (Wildman–Crippen MR) is 66.9 cm³/mol. The maximum atomic E-state index is 5.71. The van der Waals surface area contributed by atoms with Crippen LogP contribution in [0.25, 0.3) is 0 Å². The molecule has 1 aliphatic rings. The lowest BCUT2D eigenvalue weighted by Gasteiger charge is -2.15. The van der Waals surface area contributed by atoms with Gasteiger partial charge in [-0.25, -0.2) is 4.98 Å². The monoisotopic (exact) mass is 239 g/mol. The van der Waals surface area contributed by atoms with Crippen molar-refractivity contribution < 1.29 is 4.74 Å². The highest BCUT2D eigenvalue weighted by Crippen LogP contribution is 2.14. The molecule has 0 saturated carbocycles. The molecule has 4 nitrogen and oxygen atoms in total. The fraction of sp³-hybridized carbons (Fsp3) is 0.727. The van der Waals surface area contributed by atoms with Gasteiger partial charge in [-0.2, -0.15) is 0 Å². The van der Waals surface area contributed by atoms with Crippen molar-refractivity contribution in [1.82, 2.24) is 14.9 Å². The van der Waals surface area contributed by atoms with E-state index >= 15 is 0 Å². The van der Waals surface area contributed by atoms with E-state index in [9.17, 15) is 0 Å². The highest BCUT2D eigenvalue weighted by Gasteiger charge is 2.16. The Morgan fingerprint density at radius 2 is 2.25 bits per heavy atom. The van der Waals surface area contributed by atoms with Gasteiger partial charge in [-0.05, 0) is 6.04 Å². The van der Waals surface area contributed by atoms with Gasteiger partial charge in [0.15, 0.2) is 0 Å². The summed E-state index contributed by atoms with van der Waals surface area (Å²) < 4.78 is 7.82.